The lowest BCUT2D eigenvalue weighted by atomic mass is 9.75. The summed E-state index contributed by atoms with van der Waals surface area (Å²) in [6.07, 6.45) is 1.92. The molecule has 9 heteroatoms. The van der Waals surface area contributed by atoms with Gasteiger partial charge in [-0.2, -0.15) is 0 Å². The number of amides is 2. The van der Waals surface area contributed by atoms with Gasteiger partial charge in [-0.15, -0.1) is 0 Å². The van der Waals surface area contributed by atoms with Crippen LogP contribution in [0.15, 0.2) is 72.9 Å². The minimum Gasteiger partial charge on any atom is -0.426 e. The van der Waals surface area contributed by atoms with Crippen LogP contribution in [0.2, 0.25) is 0 Å². The molecule has 2 aromatic carbocycles. The molecule has 36 heavy (non-hydrogen) atoms. The van der Waals surface area contributed by atoms with E-state index in [1.165, 1.54) is 0 Å². The monoisotopic (exact) mass is 488 g/mol. The number of nitrogens with one attached hydrogen (secondary N) is 3. The van der Waals surface area contributed by atoms with Crippen LogP contribution >= 0.6 is 0 Å². The quantitative estimate of drug-likeness (QED) is 0.265. The fourth-order valence-electron chi connectivity index (χ4n) is 3.74. The Bertz CT molecular complexity index is 1140. The molecule has 0 spiro atoms. The fourth-order valence-corrected chi connectivity index (χ4v) is 3.74. The zero-order chi connectivity index (χ0) is 26.1. The summed E-state index contributed by atoms with van der Waals surface area (Å²) in [6.45, 7) is 5.91. The van der Waals surface area contributed by atoms with Crippen LogP contribution in [-0.4, -0.2) is 52.5 Å². The Morgan fingerprint density at radius 1 is 0.944 bits per heavy atom. The Kier molecular flexibility index (Phi) is 9.61. The molecule has 3 aromatic rings. The summed E-state index contributed by atoms with van der Waals surface area (Å²) in [5, 5.41) is 28.1. The molecule has 0 saturated carbocycles. The maximum Gasteiger partial charge on any atom is 0.475 e. The van der Waals surface area contributed by atoms with Crippen molar-refractivity contribution in [3.8, 4) is 11.1 Å². The average Bonchev–Trinajstić information content (AvgIpc) is 2.87. The number of nitrogens with zero attached hydrogens (tertiary/aromatic N) is 1. The van der Waals surface area contributed by atoms with Crippen LogP contribution in [0.1, 0.15) is 36.3 Å². The summed E-state index contributed by atoms with van der Waals surface area (Å²) in [4.78, 5) is 30.5. The summed E-state index contributed by atoms with van der Waals surface area (Å²) in [5.74, 6) is -1.78. The molecule has 0 radical (unpaired) electrons. The van der Waals surface area contributed by atoms with Crippen molar-refractivity contribution < 1.29 is 19.6 Å². The molecule has 188 valence electrons. The van der Waals surface area contributed by atoms with Gasteiger partial charge >= 0.3 is 7.12 Å². The Balaban J connectivity index is 1.78. The standard InChI is InChI=1S/C27H33BN4O4/c1-18(2)15-25(28(35)36)32-27(34)24(17-30-22-11-9-19(3)10-12-22)31-26(33)23-16-21(13-14-29-23)20-7-5-4-6-8-20/h4-14,16,18,24-25,30,35-36H,15,17H2,1-3H3,(H,31,33)(H,32,34)/t24-,25-/m0/s1. The predicted octanol–water partition coefficient (Wildman–Crippen LogP) is 2.81. The molecule has 3 rings (SSSR count). The van der Waals surface area contributed by atoms with E-state index in [4.69, 9.17) is 0 Å². The molecule has 5 N–H and O–H groups in total. The average molecular weight is 488 g/mol. The van der Waals surface area contributed by atoms with Crippen molar-refractivity contribution in [2.24, 2.45) is 5.92 Å². The highest BCUT2D eigenvalue weighted by Crippen LogP contribution is 2.19. The SMILES string of the molecule is Cc1ccc(NC[C@H](NC(=O)c2cc(-c3ccccc3)ccn2)C(=O)N[C@@H](CC(C)C)B(O)O)cc1. The fraction of sp³-hybridized carbons (Fsp3) is 0.296. The number of benzene rings is 2. The van der Waals surface area contributed by atoms with E-state index in [-0.39, 0.29) is 18.2 Å². The first-order valence-corrected chi connectivity index (χ1v) is 12.0. The van der Waals surface area contributed by atoms with Gasteiger partial charge in [0.05, 0.1) is 5.94 Å². The van der Waals surface area contributed by atoms with Crippen LogP contribution in [-0.2, 0) is 4.79 Å². The molecular weight excluding hydrogens is 455 g/mol. The van der Waals surface area contributed by atoms with Gasteiger partial charge in [0.15, 0.2) is 0 Å². The topological polar surface area (TPSA) is 124 Å². The van der Waals surface area contributed by atoms with Gasteiger partial charge in [0, 0.05) is 18.4 Å². The second-order valence-electron chi connectivity index (χ2n) is 9.23. The van der Waals surface area contributed by atoms with E-state index < -0.39 is 30.9 Å². The molecule has 0 saturated heterocycles. The van der Waals surface area contributed by atoms with Crippen LogP contribution in [0.25, 0.3) is 11.1 Å². The summed E-state index contributed by atoms with van der Waals surface area (Å²) >= 11 is 0. The highest BCUT2D eigenvalue weighted by Gasteiger charge is 2.30. The van der Waals surface area contributed by atoms with Crippen LogP contribution in [0.4, 0.5) is 5.69 Å². The van der Waals surface area contributed by atoms with Crippen molar-refractivity contribution in [2.45, 2.75) is 39.2 Å². The first-order chi connectivity index (χ1) is 17.2. The van der Waals surface area contributed by atoms with Crippen molar-refractivity contribution in [1.82, 2.24) is 15.6 Å². The number of pyridine rings is 1. The first kappa shape index (κ1) is 26.9. The van der Waals surface area contributed by atoms with E-state index in [1.807, 2.05) is 81.4 Å². The third-order valence-corrected chi connectivity index (χ3v) is 5.70. The van der Waals surface area contributed by atoms with Gasteiger partial charge in [0.1, 0.15) is 11.7 Å². The van der Waals surface area contributed by atoms with Gasteiger partial charge in [-0.3, -0.25) is 14.6 Å². The van der Waals surface area contributed by atoms with Crippen molar-refractivity contribution in [1.29, 1.82) is 0 Å². The Morgan fingerprint density at radius 2 is 1.64 bits per heavy atom. The molecule has 0 unspecified atom stereocenters. The highest BCUT2D eigenvalue weighted by molar-refractivity contribution is 6.43. The normalized spacial score (nSPS) is 12.5. The first-order valence-electron chi connectivity index (χ1n) is 12.0. The van der Waals surface area contributed by atoms with E-state index in [2.05, 4.69) is 20.9 Å². The number of carbonyl (C=O) groups excluding carboxylic acids is 2. The molecule has 0 aliphatic heterocycles. The number of hydrogen-bond donors (Lipinski definition) is 5. The number of aryl methyl sites for hydroxylation is 1. The molecular formula is C27H33BN4O4. The largest absolute Gasteiger partial charge is 0.475 e. The second kappa shape index (κ2) is 12.9. The predicted molar refractivity (Wildman–Crippen MR) is 142 cm³/mol. The van der Waals surface area contributed by atoms with Crippen LogP contribution < -0.4 is 16.0 Å². The molecule has 1 aromatic heterocycles. The Morgan fingerprint density at radius 3 is 2.28 bits per heavy atom. The lowest BCUT2D eigenvalue weighted by molar-refractivity contribution is -0.123. The summed E-state index contributed by atoms with van der Waals surface area (Å²) in [6, 6.07) is 19.8. The zero-order valence-corrected chi connectivity index (χ0v) is 20.8. The minimum atomic E-state index is -1.72. The van der Waals surface area contributed by atoms with Crippen LogP contribution in [0.5, 0.6) is 0 Å². The van der Waals surface area contributed by atoms with E-state index in [0.29, 0.717) is 6.42 Å². The van der Waals surface area contributed by atoms with Crippen LogP contribution in [0, 0.1) is 12.8 Å². The van der Waals surface area contributed by atoms with Gasteiger partial charge < -0.3 is 26.0 Å². The van der Waals surface area contributed by atoms with E-state index in [1.54, 1.807) is 12.3 Å². The molecule has 0 aliphatic rings. The number of anilines is 1. The van der Waals surface area contributed by atoms with Gasteiger partial charge in [-0.25, -0.2) is 0 Å². The third kappa shape index (κ3) is 7.93. The van der Waals surface area contributed by atoms with Gasteiger partial charge in [-0.1, -0.05) is 61.9 Å². The van der Waals surface area contributed by atoms with Crippen molar-refractivity contribution in [3.63, 3.8) is 0 Å². The Hall–Kier alpha value is -3.69. The van der Waals surface area contributed by atoms with E-state index in [0.717, 1.165) is 22.4 Å². The summed E-state index contributed by atoms with van der Waals surface area (Å²) in [7, 11) is -1.72. The Labute approximate surface area is 212 Å². The molecule has 1 heterocycles. The molecule has 2 atom stereocenters. The third-order valence-electron chi connectivity index (χ3n) is 5.70. The lowest BCUT2D eigenvalue weighted by Gasteiger charge is -2.24. The minimum absolute atomic E-state index is 0.0922. The smallest absolute Gasteiger partial charge is 0.426 e. The summed E-state index contributed by atoms with van der Waals surface area (Å²) in [5.41, 5.74) is 3.83. The highest BCUT2D eigenvalue weighted by atomic mass is 16.4. The molecule has 2 amide bonds. The van der Waals surface area contributed by atoms with Gasteiger partial charge in [-0.05, 0) is 54.7 Å². The maximum atomic E-state index is 13.2. The zero-order valence-electron chi connectivity index (χ0n) is 20.8. The van der Waals surface area contributed by atoms with Crippen LogP contribution in [0.3, 0.4) is 0 Å². The molecule has 8 nitrogen and oxygen atoms in total. The van der Waals surface area contributed by atoms with Crippen molar-refractivity contribution in [3.05, 3.63) is 84.2 Å². The lowest BCUT2D eigenvalue weighted by Crippen LogP contribution is -2.56. The van der Waals surface area contributed by atoms with Crippen molar-refractivity contribution >= 4 is 24.6 Å². The number of carbonyl (C=O) groups is 2. The van der Waals surface area contributed by atoms with E-state index in [9.17, 15) is 19.6 Å². The van der Waals surface area contributed by atoms with E-state index >= 15 is 0 Å². The van der Waals surface area contributed by atoms with Gasteiger partial charge in [0.25, 0.3) is 5.91 Å². The maximum absolute atomic E-state index is 13.2. The molecule has 0 bridgehead atoms. The number of rotatable bonds is 11. The summed E-state index contributed by atoms with van der Waals surface area (Å²) < 4.78 is 0. The second-order valence-corrected chi connectivity index (χ2v) is 9.23. The van der Waals surface area contributed by atoms with Crippen molar-refractivity contribution in [2.75, 3.05) is 11.9 Å². The number of aromatic nitrogens is 1. The van der Waals surface area contributed by atoms with Gasteiger partial charge in [0.2, 0.25) is 5.91 Å². The molecule has 0 aliphatic carbocycles. The molecule has 0 fully saturated rings. The number of hydrogen-bond acceptors (Lipinski definition) is 6.